The average Bonchev–Trinajstić information content (AvgIpc) is 2.86. The van der Waals surface area contributed by atoms with Gasteiger partial charge in [-0.3, -0.25) is 0 Å². The van der Waals surface area contributed by atoms with Gasteiger partial charge in [-0.15, -0.1) is 11.3 Å². The average molecular weight is 264 g/mol. The van der Waals surface area contributed by atoms with Crippen molar-refractivity contribution in [3.8, 4) is 10.6 Å². The first-order valence-corrected chi connectivity index (χ1v) is 7.03. The summed E-state index contributed by atoms with van der Waals surface area (Å²) in [5, 5.41) is 6.41. The first kappa shape index (κ1) is 13.2. The van der Waals surface area contributed by atoms with E-state index in [9.17, 15) is 4.39 Å². The molecule has 0 amide bonds. The van der Waals surface area contributed by atoms with Crippen molar-refractivity contribution >= 4 is 11.3 Å². The van der Waals surface area contributed by atoms with Crippen LogP contribution in [-0.4, -0.2) is 11.5 Å². The number of hydrogen-bond acceptors (Lipinski definition) is 3. The van der Waals surface area contributed by atoms with Crippen molar-refractivity contribution in [2.45, 2.75) is 26.3 Å². The Kier molecular flexibility index (Phi) is 4.44. The molecule has 0 bridgehead atoms. The van der Waals surface area contributed by atoms with Crippen molar-refractivity contribution in [1.29, 1.82) is 0 Å². The number of nitrogens with one attached hydrogen (secondary N) is 1. The topological polar surface area (TPSA) is 24.9 Å². The number of benzene rings is 1. The van der Waals surface area contributed by atoms with Crippen LogP contribution in [0.5, 0.6) is 0 Å². The largest absolute Gasteiger partial charge is 0.309 e. The molecule has 4 heteroatoms. The van der Waals surface area contributed by atoms with Gasteiger partial charge in [0, 0.05) is 17.0 Å². The van der Waals surface area contributed by atoms with Crippen LogP contribution in [0.1, 0.15) is 32.0 Å². The van der Waals surface area contributed by atoms with E-state index in [2.05, 4.69) is 29.5 Å². The molecule has 0 fully saturated rings. The van der Waals surface area contributed by atoms with E-state index in [-0.39, 0.29) is 11.9 Å². The second-order valence-electron chi connectivity index (χ2n) is 4.26. The number of halogens is 1. The van der Waals surface area contributed by atoms with Crippen LogP contribution in [0.4, 0.5) is 4.39 Å². The van der Waals surface area contributed by atoms with Gasteiger partial charge in [0.1, 0.15) is 10.8 Å². The summed E-state index contributed by atoms with van der Waals surface area (Å²) >= 11 is 1.60. The SMILES string of the molecule is CCCNC(C)c1csc(-c2ccc(F)cc2)n1. The van der Waals surface area contributed by atoms with Crippen LogP contribution in [0.15, 0.2) is 29.6 Å². The van der Waals surface area contributed by atoms with E-state index in [0.717, 1.165) is 29.2 Å². The van der Waals surface area contributed by atoms with E-state index in [1.807, 2.05) is 0 Å². The Morgan fingerprint density at radius 1 is 1.33 bits per heavy atom. The van der Waals surface area contributed by atoms with Crippen LogP contribution >= 0.6 is 11.3 Å². The van der Waals surface area contributed by atoms with Gasteiger partial charge in [0.15, 0.2) is 0 Å². The fourth-order valence-corrected chi connectivity index (χ4v) is 2.59. The molecule has 2 aromatic rings. The van der Waals surface area contributed by atoms with Crippen LogP contribution in [-0.2, 0) is 0 Å². The third kappa shape index (κ3) is 3.15. The second kappa shape index (κ2) is 6.07. The van der Waals surface area contributed by atoms with Gasteiger partial charge in [-0.25, -0.2) is 9.37 Å². The molecule has 0 radical (unpaired) electrons. The molecular formula is C14H17FN2S. The normalized spacial score (nSPS) is 12.6. The van der Waals surface area contributed by atoms with E-state index < -0.39 is 0 Å². The molecule has 0 saturated carbocycles. The van der Waals surface area contributed by atoms with Crippen molar-refractivity contribution in [3.63, 3.8) is 0 Å². The molecule has 1 N–H and O–H groups in total. The number of hydrogen-bond donors (Lipinski definition) is 1. The molecule has 0 spiro atoms. The van der Waals surface area contributed by atoms with Crippen LogP contribution < -0.4 is 5.32 Å². The molecule has 1 heterocycles. The fraction of sp³-hybridized carbons (Fsp3) is 0.357. The lowest BCUT2D eigenvalue weighted by Crippen LogP contribution is -2.19. The highest BCUT2D eigenvalue weighted by Crippen LogP contribution is 2.26. The van der Waals surface area contributed by atoms with Crippen LogP contribution in [0.25, 0.3) is 10.6 Å². The third-order valence-corrected chi connectivity index (χ3v) is 3.67. The highest BCUT2D eigenvalue weighted by molar-refractivity contribution is 7.13. The molecule has 1 aromatic carbocycles. The number of nitrogens with zero attached hydrogens (tertiary/aromatic N) is 1. The lowest BCUT2D eigenvalue weighted by molar-refractivity contribution is 0.561. The summed E-state index contributed by atoms with van der Waals surface area (Å²) in [5.41, 5.74) is 2.02. The minimum atomic E-state index is -0.214. The third-order valence-electron chi connectivity index (χ3n) is 2.76. The molecule has 1 aromatic heterocycles. The predicted molar refractivity (Wildman–Crippen MR) is 74.2 cm³/mol. The number of thiazole rings is 1. The monoisotopic (exact) mass is 264 g/mol. The zero-order chi connectivity index (χ0) is 13.0. The van der Waals surface area contributed by atoms with Crippen LogP contribution in [0.3, 0.4) is 0 Å². The zero-order valence-corrected chi connectivity index (χ0v) is 11.4. The van der Waals surface area contributed by atoms with Crippen molar-refractivity contribution in [1.82, 2.24) is 10.3 Å². The Morgan fingerprint density at radius 2 is 2.06 bits per heavy atom. The van der Waals surface area contributed by atoms with Gasteiger partial charge in [0.2, 0.25) is 0 Å². The van der Waals surface area contributed by atoms with Gasteiger partial charge in [-0.05, 0) is 44.2 Å². The highest BCUT2D eigenvalue weighted by Gasteiger charge is 2.10. The summed E-state index contributed by atoms with van der Waals surface area (Å²) in [5.74, 6) is -0.214. The van der Waals surface area contributed by atoms with E-state index in [0.29, 0.717) is 0 Å². The lowest BCUT2D eigenvalue weighted by atomic mass is 10.2. The Hall–Kier alpha value is -1.26. The van der Waals surface area contributed by atoms with E-state index >= 15 is 0 Å². The van der Waals surface area contributed by atoms with Gasteiger partial charge in [0.25, 0.3) is 0 Å². The van der Waals surface area contributed by atoms with Gasteiger partial charge >= 0.3 is 0 Å². The minimum absolute atomic E-state index is 0.214. The van der Waals surface area contributed by atoms with Gasteiger partial charge in [0.05, 0.1) is 5.69 Å². The van der Waals surface area contributed by atoms with E-state index in [4.69, 9.17) is 0 Å². The predicted octanol–water partition coefficient (Wildman–Crippen LogP) is 4.01. The minimum Gasteiger partial charge on any atom is -0.309 e. The molecule has 96 valence electrons. The summed E-state index contributed by atoms with van der Waals surface area (Å²) in [6, 6.07) is 6.73. The van der Waals surface area contributed by atoms with Gasteiger partial charge in [-0.2, -0.15) is 0 Å². The molecule has 0 aliphatic heterocycles. The molecule has 2 rings (SSSR count). The number of aromatic nitrogens is 1. The van der Waals surface area contributed by atoms with Crippen molar-refractivity contribution in [2.24, 2.45) is 0 Å². The first-order chi connectivity index (χ1) is 8.70. The molecule has 1 atom stereocenters. The Labute approximate surface area is 111 Å². The Bertz CT molecular complexity index is 493. The zero-order valence-electron chi connectivity index (χ0n) is 10.6. The molecule has 0 aliphatic rings. The van der Waals surface area contributed by atoms with E-state index in [1.165, 1.54) is 12.1 Å². The number of rotatable bonds is 5. The maximum atomic E-state index is 12.8. The van der Waals surface area contributed by atoms with Gasteiger partial charge in [-0.1, -0.05) is 6.92 Å². The quantitative estimate of drug-likeness (QED) is 0.882. The van der Waals surface area contributed by atoms with Crippen LogP contribution in [0, 0.1) is 5.82 Å². The second-order valence-corrected chi connectivity index (χ2v) is 5.12. The Morgan fingerprint density at radius 3 is 2.72 bits per heavy atom. The van der Waals surface area contributed by atoms with Crippen molar-refractivity contribution in [3.05, 3.63) is 41.2 Å². The maximum absolute atomic E-state index is 12.8. The summed E-state index contributed by atoms with van der Waals surface area (Å²) in [7, 11) is 0. The van der Waals surface area contributed by atoms with Crippen molar-refractivity contribution < 1.29 is 4.39 Å². The van der Waals surface area contributed by atoms with Crippen LogP contribution in [0.2, 0.25) is 0 Å². The summed E-state index contributed by atoms with van der Waals surface area (Å²) in [4.78, 5) is 4.60. The van der Waals surface area contributed by atoms with E-state index in [1.54, 1.807) is 23.5 Å². The summed E-state index contributed by atoms with van der Waals surface area (Å²) in [6.45, 7) is 5.24. The molecule has 18 heavy (non-hydrogen) atoms. The Balaban J connectivity index is 2.12. The first-order valence-electron chi connectivity index (χ1n) is 6.15. The molecule has 0 saturated heterocycles. The molecule has 1 unspecified atom stereocenters. The summed E-state index contributed by atoms with van der Waals surface area (Å²) < 4.78 is 12.8. The highest BCUT2D eigenvalue weighted by atomic mass is 32.1. The fourth-order valence-electron chi connectivity index (χ4n) is 1.68. The molecular weight excluding hydrogens is 247 g/mol. The van der Waals surface area contributed by atoms with Crippen molar-refractivity contribution in [2.75, 3.05) is 6.54 Å². The lowest BCUT2D eigenvalue weighted by Gasteiger charge is -2.09. The smallest absolute Gasteiger partial charge is 0.123 e. The standard InChI is InChI=1S/C14H17FN2S/c1-3-8-16-10(2)13-9-18-14(17-13)11-4-6-12(15)7-5-11/h4-7,9-10,16H,3,8H2,1-2H3. The van der Waals surface area contributed by atoms with Gasteiger partial charge < -0.3 is 5.32 Å². The molecule has 0 aliphatic carbocycles. The maximum Gasteiger partial charge on any atom is 0.123 e. The summed E-state index contributed by atoms with van der Waals surface area (Å²) in [6.07, 6.45) is 1.11. The molecule has 2 nitrogen and oxygen atoms in total.